The van der Waals surface area contributed by atoms with Crippen molar-refractivity contribution in [3.05, 3.63) is 64.2 Å². The van der Waals surface area contributed by atoms with E-state index in [-0.39, 0.29) is 17.5 Å². The monoisotopic (exact) mass is 322 g/mol. The number of aromatic amines is 1. The minimum atomic E-state index is -0.325. The summed E-state index contributed by atoms with van der Waals surface area (Å²) in [4.78, 5) is 31.5. The molecule has 1 unspecified atom stereocenters. The van der Waals surface area contributed by atoms with Crippen molar-refractivity contribution in [1.29, 1.82) is 0 Å². The first-order chi connectivity index (χ1) is 11.6. The molecule has 4 rings (SSSR count). The molecular weight excluding hydrogens is 304 g/mol. The van der Waals surface area contributed by atoms with E-state index in [4.69, 9.17) is 0 Å². The van der Waals surface area contributed by atoms with Gasteiger partial charge in [0.1, 0.15) is 0 Å². The molecule has 0 bridgehead atoms. The number of hydrogen-bond acceptors (Lipinski definition) is 3. The third kappa shape index (κ3) is 2.60. The minimum Gasteiger partial charge on any atom is -0.345 e. The van der Waals surface area contributed by atoms with Crippen LogP contribution in [0.5, 0.6) is 0 Å². The van der Waals surface area contributed by atoms with Crippen LogP contribution in [0, 0.1) is 5.92 Å². The van der Waals surface area contributed by atoms with Crippen LogP contribution in [0.2, 0.25) is 0 Å². The Kier molecular flexibility index (Phi) is 3.45. The molecule has 1 aliphatic rings. The molecule has 1 aliphatic carbocycles. The Labute approximate surface area is 138 Å². The Bertz CT molecular complexity index is 954. The molecule has 1 saturated carbocycles. The molecule has 1 atom stereocenters. The maximum atomic E-state index is 12.9. The van der Waals surface area contributed by atoms with Crippen LogP contribution in [0.3, 0.4) is 0 Å². The first kappa shape index (κ1) is 14.7. The van der Waals surface area contributed by atoms with E-state index in [0.29, 0.717) is 22.6 Å². The molecule has 2 heterocycles. The van der Waals surface area contributed by atoms with E-state index in [1.54, 1.807) is 17.9 Å². The molecule has 1 fully saturated rings. The van der Waals surface area contributed by atoms with E-state index in [1.165, 1.54) is 6.07 Å². The standard InChI is InChI=1S/C18H18N4O2/c1-22-10-19-17-16(22)13(9-14(23)20-17)18(24)21-15(12-7-8-12)11-5-3-2-4-6-11/h2-6,9-10,12,15H,7-8H2,1H3,(H,20,23)(H,21,24). The number of nitrogens with zero attached hydrogens (tertiary/aromatic N) is 2. The number of nitrogens with one attached hydrogen (secondary N) is 2. The summed E-state index contributed by atoms with van der Waals surface area (Å²) in [7, 11) is 1.81. The highest BCUT2D eigenvalue weighted by molar-refractivity contribution is 6.04. The van der Waals surface area contributed by atoms with E-state index in [2.05, 4.69) is 15.3 Å². The summed E-state index contributed by atoms with van der Waals surface area (Å²) in [5, 5.41) is 3.12. The summed E-state index contributed by atoms with van der Waals surface area (Å²) < 4.78 is 1.74. The van der Waals surface area contributed by atoms with Crippen molar-refractivity contribution >= 4 is 17.1 Å². The van der Waals surface area contributed by atoms with Crippen molar-refractivity contribution in [3.8, 4) is 0 Å². The van der Waals surface area contributed by atoms with Crippen LogP contribution in [0.1, 0.15) is 34.8 Å². The topological polar surface area (TPSA) is 79.8 Å². The normalized spacial score (nSPS) is 15.4. The number of rotatable bonds is 4. The molecule has 0 saturated heterocycles. The minimum absolute atomic E-state index is 0.0266. The zero-order chi connectivity index (χ0) is 16.7. The number of aryl methyl sites for hydroxylation is 1. The fraction of sp³-hybridized carbons (Fsp3) is 0.278. The third-order valence-electron chi connectivity index (χ3n) is 4.49. The molecule has 1 aromatic carbocycles. The number of amides is 1. The van der Waals surface area contributed by atoms with Gasteiger partial charge in [-0.05, 0) is 24.3 Å². The van der Waals surface area contributed by atoms with Gasteiger partial charge >= 0.3 is 0 Å². The van der Waals surface area contributed by atoms with E-state index < -0.39 is 0 Å². The summed E-state index contributed by atoms with van der Waals surface area (Å²) in [5.41, 5.74) is 2.19. The predicted molar refractivity (Wildman–Crippen MR) is 90.7 cm³/mol. The summed E-state index contributed by atoms with van der Waals surface area (Å²) in [5.74, 6) is 0.218. The van der Waals surface area contributed by atoms with Gasteiger partial charge in [-0.15, -0.1) is 0 Å². The first-order valence-electron chi connectivity index (χ1n) is 8.03. The maximum Gasteiger partial charge on any atom is 0.254 e. The summed E-state index contributed by atoms with van der Waals surface area (Å²) in [6.45, 7) is 0. The van der Waals surface area contributed by atoms with Crippen LogP contribution >= 0.6 is 0 Å². The third-order valence-corrected chi connectivity index (χ3v) is 4.49. The lowest BCUT2D eigenvalue weighted by Crippen LogP contribution is -2.31. The fourth-order valence-electron chi connectivity index (χ4n) is 3.15. The van der Waals surface area contributed by atoms with Crippen molar-refractivity contribution in [3.63, 3.8) is 0 Å². The van der Waals surface area contributed by atoms with Gasteiger partial charge in [0.15, 0.2) is 5.65 Å². The van der Waals surface area contributed by atoms with Gasteiger partial charge in [-0.1, -0.05) is 30.3 Å². The number of pyridine rings is 1. The zero-order valence-corrected chi connectivity index (χ0v) is 13.3. The van der Waals surface area contributed by atoms with E-state index in [9.17, 15) is 9.59 Å². The average Bonchev–Trinajstić information content (AvgIpc) is 3.36. The molecule has 3 aromatic rings. The number of imidazole rings is 1. The second-order valence-corrected chi connectivity index (χ2v) is 6.30. The lowest BCUT2D eigenvalue weighted by Gasteiger charge is -2.19. The molecule has 6 nitrogen and oxygen atoms in total. The second-order valence-electron chi connectivity index (χ2n) is 6.30. The Morgan fingerprint density at radius 2 is 2.08 bits per heavy atom. The Morgan fingerprint density at radius 1 is 1.33 bits per heavy atom. The molecule has 0 radical (unpaired) electrons. The van der Waals surface area contributed by atoms with Gasteiger partial charge in [0.2, 0.25) is 5.56 Å². The van der Waals surface area contributed by atoms with Crippen molar-refractivity contribution < 1.29 is 4.79 Å². The van der Waals surface area contributed by atoms with Gasteiger partial charge < -0.3 is 14.9 Å². The molecular formula is C18H18N4O2. The van der Waals surface area contributed by atoms with Gasteiger partial charge in [-0.3, -0.25) is 9.59 Å². The zero-order valence-electron chi connectivity index (χ0n) is 13.3. The SMILES string of the molecule is Cn1cnc2[nH]c(=O)cc(C(=O)NC(c3ccccc3)C3CC3)c21. The molecule has 1 amide bonds. The molecule has 0 spiro atoms. The molecule has 2 N–H and O–H groups in total. The smallest absolute Gasteiger partial charge is 0.254 e. The van der Waals surface area contributed by atoms with Crippen molar-refractivity contribution in [1.82, 2.24) is 19.9 Å². The number of H-pyrrole nitrogens is 1. The molecule has 2 aromatic heterocycles. The number of carbonyl (C=O) groups excluding carboxylic acids is 1. The van der Waals surface area contributed by atoms with Crippen molar-refractivity contribution in [2.75, 3.05) is 0 Å². The van der Waals surface area contributed by atoms with Crippen LogP contribution in [0.4, 0.5) is 0 Å². The van der Waals surface area contributed by atoms with E-state index in [1.807, 2.05) is 30.3 Å². The number of carbonyl (C=O) groups is 1. The molecule has 0 aliphatic heterocycles. The fourth-order valence-corrected chi connectivity index (χ4v) is 3.15. The average molecular weight is 322 g/mol. The van der Waals surface area contributed by atoms with E-state index >= 15 is 0 Å². The Morgan fingerprint density at radius 3 is 2.79 bits per heavy atom. The lowest BCUT2D eigenvalue weighted by atomic mass is 10.0. The summed E-state index contributed by atoms with van der Waals surface area (Å²) >= 11 is 0. The van der Waals surface area contributed by atoms with Crippen LogP contribution < -0.4 is 10.9 Å². The van der Waals surface area contributed by atoms with E-state index in [0.717, 1.165) is 18.4 Å². The quantitative estimate of drug-likeness (QED) is 0.772. The lowest BCUT2D eigenvalue weighted by molar-refractivity contribution is 0.0933. The van der Waals surface area contributed by atoms with Gasteiger partial charge in [-0.2, -0.15) is 0 Å². The van der Waals surface area contributed by atoms with Crippen LogP contribution in [0.15, 0.2) is 47.5 Å². The number of fused-ring (bicyclic) bond motifs is 1. The van der Waals surface area contributed by atoms with Crippen LogP contribution in [0.25, 0.3) is 11.2 Å². The molecule has 24 heavy (non-hydrogen) atoms. The maximum absolute atomic E-state index is 12.9. The Balaban J connectivity index is 1.71. The largest absolute Gasteiger partial charge is 0.345 e. The summed E-state index contributed by atoms with van der Waals surface area (Å²) in [6, 6.07) is 11.3. The highest BCUT2D eigenvalue weighted by Gasteiger charge is 2.34. The van der Waals surface area contributed by atoms with Gasteiger partial charge in [0.25, 0.3) is 5.91 Å². The van der Waals surface area contributed by atoms with Crippen LogP contribution in [-0.4, -0.2) is 20.4 Å². The number of benzene rings is 1. The number of aromatic nitrogens is 3. The summed E-state index contributed by atoms with van der Waals surface area (Å²) in [6.07, 6.45) is 3.81. The van der Waals surface area contributed by atoms with Crippen molar-refractivity contribution in [2.24, 2.45) is 13.0 Å². The first-order valence-corrected chi connectivity index (χ1v) is 8.03. The van der Waals surface area contributed by atoms with Crippen molar-refractivity contribution in [2.45, 2.75) is 18.9 Å². The van der Waals surface area contributed by atoms with Gasteiger partial charge in [0.05, 0.1) is 23.4 Å². The highest BCUT2D eigenvalue weighted by Crippen LogP contribution is 2.41. The highest BCUT2D eigenvalue weighted by atomic mass is 16.2. The Hall–Kier alpha value is -2.89. The molecule has 122 valence electrons. The second kappa shape index (κ2) is 5.63. The van der Waals surface area contributed by atoms with Gasteiger partial charge in [0, 0.05) is 13.1 Å². The predicted octanol–water partition coefficient (Wildman–Crippen LogP) is 2.14. The van der Waals surface area contributed by atoms with Gasteiger partial charge in [-0.25, -0.2) is 4.98 Å². The number of hydrogen-bond donors (Lipinski definition) is 2. The molecule has 6 heteroatoms. The van der Waals surface area contributed by atoms with Crippen LogP contribution in [-0.2, 0) is 7.05 Å².